The van der Waals surface area contributed by atoms with Crippen molar-refractivity contribution in [1.82, 2.24) is 10.2 Å². The summed E-state index contributed by atoms with van der Waals surface area (Å²) in [5.74, 6) is 0.378. The highest BCUT2D eigenvalue weighted by Gasteiger charge is 2.47. The Bertz CT molecular complexity index is 753. The summed E-state index contributed by atoms with van der Waals surface area (Å²) in [4.78, 5) is 17.5. The normalized spacial score (nSPS) is 29.4. The molecule has 1 aromatic carbocycles. The molecule has 4 nitrogen and oxygen atoms in total. The minimum absolute atomic E-state index is 0. The number of likely N-dealkylation sites (tertiary alicyclic amines) is 1. The van der Waals surface area contributed by atoms with Crippen molar-refractivity contribution in [1.29, 1.82) is 0 Å². The topological polar surface area (TPSA) is 35.6 Å². The molecule has 1 N–H and O–H groups in total. The van der Waals surface area contributed by atoms with Gasteiger partial charge in [-0.25, -0.2) is 4.39 Å². The van der Waals surface area contributed by atoms with Crippen LogP contribution in [-0.2, 0) is 4.79 Å². The van der Waals surface area contributed by atoms with Gasteiger partial charge >= 0.3 is 0 Å². The number of hydrogen-bond acceptors (Lipinski definition) is 3. The number of nitrogens with one attached hydrogen (secondary N) is 1. The summed E-state index contributed by atoms with van der Waals surface area (Å²) in [5, 5.41) is 3.34. The molecule has 3 heterocycles. The molecule has 0 radical (unpaired) electrons. The van der Waals surface area contributed by atoms with Crippen molar-refractivity contribution < 1.29 is 9.18 Å². The van der Waals surface area contributed by atoms with Crippen molar-refractivity contribution in [3.63, 3.8) is 0 Å². The minimum Gasteiger partial charge on any atom is -0.317 e. The summed E-state index contributed by atoms with van der Waals surface area (Å²) in [5.41, 5.74) is 1.35. The van der Waals surface area contributed by atoms with Crippen LogP contribution >= 0.6 is 12.4 Å². The van der Waals surface area contributed by atoms with E-state index in [1.807, 2.05) is 6.07 Å². The van der Waals surface area contributed by atoms with E-state index in [9.17, 15) is 4.79 Å². The highest BCUT2D eigenvalue weighted by Crippen LogP contribution is 2.43. The Balaban J connectivity index is 0.00000218. The van der Waals surface area contributed by atoms with Gasteiger partial charge in [-0.2, -0.15) is 0 Å². The van der Waals surface area contributed by atoms with Gasteiger partial charge in [0.1, 0.15) is 5.82 Å². The van der Waals surface area contributed by atoms with Crippen LogP contribution in [0.1, 0.15) is 69.3 Å². The zero-order chi connectivity index (χ0) is 19.8. The van der Waals surface area contributed by atoms with Crippen LogP contribution in [0.15, 0.2) is 18.2 Å². The Kier molecular flexibility index (Phi) is 6.71. The smallest absolute Gasteiger partial charge is 0.233 e. The summed E-state index contributed by atoms with van der Waals surface area (Å²) in [6, 6.07) is 6.41. The first kappa shape index (κ1) is 22.0. The lowest BCUT2D eigenvalue weighted by molar-refractivity contribution is -0.126. The lowest BCUT2D eigenvalue weighted by Gasteiger charge is -2.35. The summed E-state index contributed by atoms with van der Waals surface area (Å²) in [7, 11) is 0. The van der Waals surface area contributed by atoms with Gasteiger partial charge in [-0.15, -0.1) is 12.4 Å². The van der Waals surface area contributed by atoms with Crippen LogP contribution in [0.25, 0.3) is 0 Å². The average molecular weight is 436 g/mol. The van der Waals surface area contributed by atoms with E-state index in [4.69, 9.17) is 0 Å². The fourth-order valence-corrected chi connectivity index (χ4v) is 6.30. The van der Waals surface area contributed by atoms with Crippen LogP contribution in [-0.4, -0.2) is 49.6 Å². The maximum Gasteiger partial charge on any atom is 0.233 e. The predicted molar refractivity (Wildman–Crippen MR) is 121 cm³/mol. The van der Waals surface area contributed by atoms with Crippen LogP contribution in [0.3, 0.4) is 0 Å². The molecule has 0 bridgehead atoms. The number of halogens is 2. The van der Waals surface area contributed by atoms with Gasteiger partial charge < -0.3 is 15.1 Å². The Morgan fingerprint density at radius 2 is 1.67 bits per heavy atom. The molecule has 3 aliphatic heterocycles. The second-order valence-corrected chi connectivity index (χ2v) is 9.70. The number of hydrogen-bond donors (Lipinski definition) is 1. The number of nitrogens with zero attached hydrogens (tertiary/aromatic N) is 2. The Morgan fingerprint density at radius 1 is 0.967 bits per heavy atom. The zero-order valence-corrected chi connectivity index (χ0v) is 18.7. The van der Waals surface area contributed by atoms with Crippen LogP contribution in [0.5, 0.6) is 0 Å². The first-order valence-corrected chi connectivity index (χ1v) is 11.7. The van der Waals surface area contributed by atoms with Gasteiger partial charge in [0.2, 0.25) is 5.91 Å². The molecule has 1 spiro atoms. The summed E-state index contributed by atoms with van der Waals surface area (Å²) in [6.07, 6.45) is 10.1. The summed E-state index contributed by atoms with van der Waals surface area (Å²) >= 11 is 0. The van der Waals surface area contributed by atoms with Gasteiger partial charge in [-0.05, 0) is 108 Å². The maximum atomic E-state index is 15.1. The number of rotatable bonds is 3. The van der Waals surface area contributed by atoms with E-state index in [0.29, 0.717) is 18.2 Å². The molecule has 1 aromatic rings. The van der Waals surface area contributed by atoms with Crippen molar-refractivity contribution in [2.24, 2.45) is 5.41 Å². The Morgan fingerprint density at radius 3 is 2.33 bits per heavy atom. The predicted octanol–water partition coefficient (Wildman–Crippen LogP) is 4.48. The van der Waals surface area contributed by atoms with E-state index in [1.54, 1.807) is 11.0 Å². The van der Waals surface area contributed by atoms with Crippen molar-refractivity contribution in [3.05, 3.63) is 29.6 Å². The third-order valence-electron chi connectivity index (χ3n) is 8.16. The van der Waals surface area contributed by atoms with Crippen molar-refractivity contribution in [2.75, 3.05) is 37.6 Å². The number of amides is 1. The van der Waals surface area contributed by atoms with E-state index in [-0.39, 0.29) is 29.5 Å². The molecule has 4 aliphatic rings. The van der Waals surface area contributed by atoms with Crippen LogP contribution in [0.4, 0.5) is 10.1 Å². The van der Waals surface area contributed by atoms with Crippen LogP contribution in [0, 0.1) is 11.2 Å². The van der Waals surface area contributed by atoms with Crippen molar-refractivity contribution >= 4 is 24.0 Å². The lowest BCUT2D eigenvalue weighted by Crippen LogP contribution is -2.42. The van der Waals surface area contributed by atoms with E-state index >= 15 is 4.39 Å². The molecule has 0 aromatic heterocycles. The monoisotopic (exact) mass is 435 g/mol. The molecule has 0 unspecified atom stereocenters. The molecule has 0 atom stereocenters. The fraction of sp³-hybridized carbons (Fsp3) is 0.708. The lowest BCUT2D eigenvalue weighted by atomic mass is 9.77. The third-order valence-corrected chi connectivity index (χ3v) is 8.16. The van der Waals surface area contributed by atoms with Gasteiger partial charge in [-0.3, -0.25) is 4.79 Å². The van der Waals surface area contributed by atoms with E-state index < -0.39 is 0 Å². The second-order valence-electron chi connectivity index (χ2n) is 9.70. The van der Waals surface area contributed by atoms with Gasteiger partial charge in [0.25, 0.3) is 0 Å². The summed E-state index contributed by atoms with van der Waals surface area (Å²) in [6.45, 7) is 4.96. The largest absolute Gasteiger partial charge is 0.317 e. The quantitative estimate of drug-likeness (QED) is 0.760. The molecule has 30 heavy (non-hydrogen) atoms. The minimum atomic E-state index is -0.260. The van der Waals surface area contributed by atoms with Gasteiger partial charge in [-0.1, -0.05) is 6.07 Å². The third kappa shape index (κ3) is 4.01. The number of benzene rings is 1. The molecule has 5 rings (SSSR count). The van der Waals surface area contributed by atoms with Gasteiger partial charge in [0, 0.05) is 12.6 Å². The first-order chi connectivity index (χ1) is 14.2. The Hall–Kier alpha value is -1.17. The van der Waals surface area contributed by atoms with E-state index in [0.717, 1.165) is 56.8 Å². The molecule has 3 saturated heterocycles. The molecule has 166 valence electrons. The maximum absolute atomic E-state index is 15.1. The number of carbonyl (C=O) groups is 1. The highest BCUT2D eigenvalue weighted by atomic mass is 35.5. The highest BCUT2D eigenvalue weighted by molar-refractivity contribution is 6.00. The van der Waals surface area contributed by atoms with E-state index in [2.05, 4.69) is 16.3 Å². The number of carbonyl (C=O) groups excluding carboxylic acids is 1. The van der Waals surface area contributed by atoms with Crippen LogP contribution in [0.2, 0.25) is 0 Å². The second kappa shape index (κ2) is 9.13. The first-order valence-electron chi connectivity index (χ1n) is 11.7. The van der Waals surface area contributed by atoms with Gasteiger partial charge in [0.05, 0.1) is 11.1 Å². The van der Waals surface area contributed by atoms with Crippen molar-refractivity contribution in [2.45, 2.75) is 69.7 Å². The van der Waals surface area contributed by atoms with Gasteiger partial charge in [0.15, 0.2) is 0 Å². The standard InChI is InChI=1S/C24H34FN3O.ClH/c25-21-17-19(18-3-6-20(7-4-18)27-14-1-2-15-27)5-8-22(21)28-16-11-24(23(28)29)9-12-26-13-10-24;/h5,8,17-18,20,26H,1-4,6-7,9-16H2;1H. The number of piperidine rings is 1. The molecule has 6 heteroatoms. The molecule has 1 aliphatic carbocycles. The Labute approximate surface area is 186 Å². The molecular weight excluding hydrogens is 401 g/mol. The van der Waals surface area contributed by atoms with Crippen molar-refractivity contribution in [3.8, 4) is 0 Å². The van der Waals surface area contributed by atoms with Crippen LogP contribution < -0.4 is 10.2 Å². The molecule has 1 saturated carbocycles. The molecule has 4 fully saturated rings. The SMILES string of the molecule is Cl.O=C1N(c2ccc(C3CCC(N4CCCC4)CC3)cc2F)CCC12CCNCC2. The average Bonchev–Trinajstić information content (AvgIpc) is 3.39. The molecular formula is C24H35ClFN3O. The molecule has 1 amide bonds. The number of anilines is 1. The fourth-order valence-electron chi connectivity index (χ4n) is 6.30. The van der Waals surface area contributed by atoms with E-state index in [1.165, 1.54) is 38.8 Å². The zero-order valence-electron chi connectivity index (χ0n) is 17.9. The summed E-state index contributed by atoms with van der Waals surface area (Å²) < 4.78 is 15.1.